The van der Waals surface area contributed by atoms with Gasteiger partial charge in [0.2, 0.25) is 12.7 Å². The summed E-state index contributed by atoms with van der Waals surface area (Å²) in [6.07, 6.45) is 6.12. The molecule has 1 amide bonds. The van der Waals surface area contributed by atoms with E-state index in [1.807, 2.05) is 18.2 Å². The van der Waals surface area contributed by atoms with E-state index in [2.05, 4.69) is 47.9 Å². The number of carbonyl (C=O) groups excluding carboxylic acids is 1. The Kier molecular flexibility index (Phi) is 8.91. The number of likely N-dealkylation sites (tertiary alicyclic amines) is 1. The van der Waals surface area contributed by atoms with Crippen LogP contribution in [0.2, 0.25) is 0 Å². The first-order chi connectivity index (χ1) is 17.1. The molecule has 0 aromatic heterocycles. The SMILES string of the molecule is CCCCN(CCC)C(=O)CN1CC(c2ccc3c(c2)OCO3)CC1CCc1ccccc1OC. The van der Waals surface area contributed by atoms with Gasteiger partial charge in [-0.25, -0.2) is 0 Å². The number of fused-ring (bicyclic) bond motifs is 1. The standard InChI is InChI=1S/C29H40N2O4/c1-4-6-16-30(15-5-2)29(32)20-31-19-24(23-12-14-27-28(18-23)35-21-34-27)17-25(31)13-11-22-9-7-8-10-26(22)33-3/h7-10,12,14,18,24-25H,4-6,11,13,15-17,19-21H2,1-3H3. The zero-order valence-corrected chi connectivity index (χ0v) is 21.5. The summed E-state index contributed by atoms with van der Waals surface area (Å²) in [6, 6.07) is 14.9. The number of nitrogens with zero attached hydrogens (tertiary/aromatic N) is 2. The van der Waals surface area contributed by atoms with Gasteiger partial charge in [-0.3, -0.25) is 9.69 Å². The maximum atomic E-state index is 13.3. The maximum absolute atomic E-state index is 13.3. The number of unbranched alkanes of at least 4 members (excludes halogenated alkanes) is 1. The lowest BCUT2D eigenvalue weighted by molar-refractivity contribution is -0.132. The molecule has 2 aromatic carbocycles. The zero-order chi connectivity index (χ0) is 24.6. The van der Waals surface area contributed by atoms with Crippen molar-refractivity contribution in [3.63, 3.8) is 0 Å². The number of carbonyl (C=O) groups is 1. The van der Waals surface area contributed by atoms with Crippen LogP contribution in [0.3, 0.4) is 0 Å². The largest absolute Gasteiger partial charge is 0.496 e. The molecule has 2 aliphatic rings. The normalized spacial score (nSPS) is 19.2. The van der Waals surface area contributed by atoms with Gasteiger partial charge >= 0.3 is 0 Å². The molecule has 35 heavy (non-hydrogen) atoms. The number of amides is 1. The van der Waals surface area contributed by atoms with Crippen molar-refractivity contribution >= 4 is 5.91 Å². The Bertz CT molecular complexity index is 979. The molecule has 0 bridgehead atoms. The highest BCUT2D eigenvalue weighted by atomic mass is 16.7. The van der Waals surface area contributed by atoms with Gasteiger partial charge in [0.05, 0.1) is 13.7 Å². The van der Waals surface area contributed by atoms with E-state index in [9.17, 15) is 4.79 Å². The van der Waals surface area contributed by atoms with Gasteiger partial charge in [0.15, 0.2) is 11.5 Å². The van der Waals surface area contributed by atoms with Crippen LogP contribution in [0.5, 0.6) is 17.2 Å². The van der Waals surface area contributed by atoms with Crippen molar-refractivity contribution in [2.45, 2.75) is 64.3 Å². The van der Waals surface area contributed by atoms with Crippen LogP contribution in [0.15, 0.2) is 42.5 Å². The van der Waals surface area contributed by atoms with Crippen molar-refractivity contribution in [3.05, 3.63) is 53.6 Å². The minimum absolute atomic E-state index is 0.258. The van der Waals surface area contributed by atoms with E-state index in [1.54, 1.807) is 7.11 Å². The summed E-state index contributed by atoms with van der Waals surface area (Å²) in [5.74, 6) is 3.22. The molecule has 2 aliphatic heterocycles. The lowest BCUT2D eigenvalue weighted by Gasteiger charge is -2.28. The molecule has 1 fully saturated rings. The van der Waals surface area contributed by atoms with Gasteiger partial charge in [-0.2, -0.15) is 0 Å². The highest BCUT2D eigenvalue weighted by Crippen LogP contribution is 2.39. The molecule has 0 radical (unpaired) electrons. The maximum Gasteiger partial charge on any atom is 0.236 e. The number of hydrogen-bond acceptors (Lipinski definition) is 5. The first-order valence-electron chi connectivity index (χ1n) is 13.2. The molecule has 0 aliphatic carbocycles. The topological polar surface area (TPSA) is 51.2 Å². The number of benzene rings is 2. The molecule has 2 heterocycles. The Morgan fingerprint density at radius 2 is 1.91 bits per heavy atom. The molecular formula is C29H40N2O4. The number of ether oxygens (including phenoxy) is 3. The van der Waals surface area contributed by atoms with E-state index in [1.165, 1.54) is 11.1 Å². The number of methoxy groups -OCH3 is 1. The van der Waals surface area contributed by atoms with Crippen LogP contribution in [0.1, 0.15) is 63.0 Å². The van der Waals surface area contributed by atoms with E-state index in [0.717, 1.165) is 75.4 Å². The minimum atomic E-state index is 0.258. The number of para-hydroxylation sites is 1. The molecule has 2 atom stereocenters. The summed E-state index contributed by atoms with van der Waals surface area (Å²) >= 11 is 0. The average Bonchev–Trinajstić information content (AvgIpc) is 3.51. The van der Waals surface area contributed by atoms with E-state index in [0.29, 0.717) is 18.5 Å². The highest BCUT2D eigenvalue weighted by Gasteiger charge is 2.35. The van der Waals surface area contributed by atoms with Crippen LogP contribution in [0.4, 0.5) is 0 Å². The van der Waals surface area contributed by atoms with Gasteiger partial charge in [-0.15, -0.1) is 0 Å². The third-order valence-electron chi connectivity index (χ3n) is 7.30. The van der Waals surface area contributed by atoms with Gasteiger partial charge in [0.1, 0.15) is 5.75 Å². The average molecular weight is 481 g/mol. The van der Waals surface area contributed by atoms with E-state index < -0.39 is 0 Å². The summed E-state index contributed by atoms with van der Waals surface area (Å²) in [5, 5.41) is 0. The Morgan fingerprint density at radius 3 is 2.71 bits per heavy atom. The molecule has 6 nitrogen and oxygen atoms in total. The third-order valence-corrected chi connectivity index (χ3v) is 7.30. The predicted octanol–water partition coefficient (Wildman–Crippen LogP) is 5.25. The fraction of sp³-hybridized carbons (Fsp3) is 0.552. The van der Waals surface area contributed by atoms with Crippen LogP contribution >= 0.6 is 0 Å². The van der Waals surface area contributed by atoms with E-state index in [-0.39, 0.29) is 12.7 Å². The van der Waals surface area contributed by atoms with Crippen LogP contribution < -0.4 is 14.2 Å². The smallest absolute Gasteiger partial charge is 0.236 e. The summed E-state index contributed by atoms with van der Waals surface area (Å²) < 4.78 is 16.7. The van der Waals surface area contributed by atoms with Crippen molar-refractivity contribution in [3.8, 4) is 17.2 Å². The van der Waals surface area contributed by atoms with Gasteiger partial charge in [0, 0.05) is 25.7 Å². The molecule has 4 rings (SSSR count). The van der Waals surface area contributed by atoms with Gasteiger partial charge in [-0.05, 0) is 67.3 Å². The van der Waals surface area contributed by atoms with Crippen molar-refractivity contribution in [1.29, 1.82) is 0 Å². The van der Waals surface area contributed by atoms with Gasteiger partial charge in [-0.1, -0.05) is 44.5 Å². The van der Waals surface area contributed by atoms with Crippen molar-refractivity contribution in [2.24, 2.45) is 0 Å². The third kappa shape index (κ3) is 6.29. The summed E-state index contributed by atoms with van der Waals surface area (Å²) in [5.41, 5.74) is 2.49. The quantitative estimate of drug-likeness (QED) is 0.415. The summed E-state index contributed by atoms with van der Waals surface area (Å²) in [6.45, 7) is 7.68. The Morgan fingerprint density at radius 1 is 1.09 bits per heavy atom. The first-order valence-corrected chi connectivity index (χ1v) is 13.2. The van der Waals surface area contributed by atoms with Gasteiger partial charge in [0.25, 0.3) is 0 Å². The number of rotatable bonds is 12. The van der Waals surface area contributed by atoms with E-state index >= 15 is 0 Å². The Labute approximate surface area is 210 Å². The summed E-state index contributed by atoms with van der Waals surface area (Å²) in [7, 11) is 1.73. The lowest BCUT2D eigenvalue weighted by atomic mass is 9.94. The van der Waals surface area contributed by atoms with Crippen LogP contribution in [-0.4, -0.2) is 61.8 Å². The molecule has 190 valence electrons. The van der Waals surface area contributed by atoms with E-state index in [4.69, 9.17) is 14.2 Å². The fourth-order valence-corrected chi connectivity index (χ4v) is 5.37. The summed E-state index contributed by atoms with van der Waals surface area (Å²) in [4.78, 5) is 17.8. The molecule has 6 heteroatoms. The lowest BCUT2D eigenvalue weighted by Crippen LogP contribution is -2.43. The monoisotopic (exact) mass is 480 g/mol. The second-order valence-corrected chi connectivity index (χ2v) is 9.71. The molecule has 0 N–H and O–H groups in total. The second kappa shape index (κ2) is 12.3. The van der Waals surface area contributed by atoms with Crippen molar-refractivity contribution in [1.82, 2.24) is 9.80 Å². The van der Waals surface area contributed by atoms with Crippen LogP contribution in [0, 0.1) is 0 Å². The molecule has 2 aromatic rings. The first kappa shape index (κ1) is 25.4. The Hall–Kier alpha value is -2.73. The van der Waals surface area contributed by atoms with Gasteiger partial charge < -0.3 is 19.1 Å². The van der Waals surface area contributed by atoms with Crippen molar-refractivity contribution in [2.75, 3.05) is 40.1 Å². The second-order valence-electron chi connectivity index (χ2n) is 9.71. The molecular weight excluding hydrogens is 440 g/mol. The molecule has 1 saturated heterocycles. The fourth-order valence-electron chi connectivity index (χ4n) is 5.37. The van der Waals surface area contributed by atoms with Crippen LogP contribution in [-0.2, 0) is 11.2 Å². The molecule has 0 saturated carbocycles. The highest BCUT2D eigenvalue weighted by molar-refractivity contribution is 5.78. The minimum Gasteiger partial charge on any atom is -0.496 e. The zero-order valence-electron chi connectivity index (χ0n) is 21.5. The number of aryl methyl sites for hydroxylation is 1. The Balaban J connectivity index is 1.49. The van der Waals surface area contributed by atoms with Crippen LogP contribution in [0.25, 0.3) is 0 Å². The molecule has 0 spiro atoms. The number of hydrogen-bond donors (Lipinski definition) is 0. The van der Waals surface area contributed by atoms with Crippen molar-refractivity contribution < 1.29 is 19.0 Å². The predicted molar refractivity (Wildman–Crippen MR) is 138 cm³/mol. The molecule has 2 unspecified atom stereocenters.